The van der Waals surface area contributed by atoms with E-state index < -0.39 is 0 Å². The van der Waals surface area contributed by atoms with Gasteiger partial charge < -0.3 is 10.2 Å². The van der Waals surface area contributed by atoms with Gasteiger partial charge in [-0.1, -0.05) is 13.0 Å². The molecule has 1 atom stereocenters. The number of nitrogens with one attached hydrogen (secondary N) is 1. The molecule has 1 aliphatic heterocycles. The number of rotatable bonds is 4. The van der Waals surface area contributed by atoms with Crippen LogP contribution in [0.2, 0.25) is 0 Å². The summed E-state index contributed by atoms with van der Waals surface area (Å²) in [6.07, 6.45) is 3.05. The number of carbonyl (C=O) groups excluding carboxylic acids is 1. The van der Waals surface area contributed by atoms with Crippen LogP contribution in [0, 0.1) is 6.92 Å². The van der Waals surface area contributed by atoms with E-state index in [2.05, 4.69) is 47.2 Å². The van der Waals surface area contributed by atoms with Gasteiger partial charge in [-0.15, -0.1) is 0 Å². The van der Waals surface area contributed by atoms with Crippen molar-refractivity contribution in [2.24, 2.45) is 0 Å². The van der Waals surface area contributed by atoms with Crippen molar-refractivity contribution in [3.8, 4) is 0 Å². The zero-order valence-corrected chi connectivity index (χ0v) is 13.2. The number of anilines is 1. The first-order valence-electron chi connectivity index (χ1n) is 6.94. The Morgan fingerprint density at radius 3 is 3.00 bits per heavy atom. The van der Waals surface area contributed by atoms with Crippen molar-refractivity contribution in [2.45, 2.75) is 39.2 Å². The number of amides is 1. The summed E-state index contributed by atoms with van der Waals surface area (Å²) in [7, 11) is 0. The second kappa shape index (κ2) is 6.53. The van der Waals surface area contributed by atoms with Crippen LogP contribution in [0.4, 0.5) is 5.69 Å². The molecule has 1 saturated heterocycles. The molecular weight excluding hydrogens is 304 g/mol. The molecular formula is C15H21BrN2O. The van der Waals surface area contributed by atoms with Crippen LogP contribution in [0.1, 0.15) is 31.7 Å². The smallest absolute Gasteiger partial charge is 0.244 e. The van der Waals surface area contributed by atoms with Gasteiger partial charge in [0.25, 0.3) is 0 Å². The van der Waals surface area contributed by atoms with E-state index >= 15 is 0 Å². The molecule has 1 aliphatic rings. The van der Waals surface area contributed by atoms with Crippen molar-refractivity contribution in [2.75, 3.05) is 18.0 Å². The van der Waals surface area contributed by atoms with Crippen molar-refractivity contribution in [1.29, 1.82) is 0 Å². The maximum Gasteiger partial charge on any atom is 0.244 e. The second-order valence-electron chi connectivity index (χ2n) is 5.09. The molecule has 2 rings (SSSR count). The number of carbonyl (C=O) groups is 1. The molecule has 0 radical (unpaired) electrons. The molecule has 0 spiro atoms. The van der Waals surface area contributed by atoms with Crippen LogP contribution in [0.5, 0.6) is 0 Å². The largest absolute Gasteiger partial charge is 0.310 e. The van der Waals surface area contributed by atoms with E-state index in [1.165, 1.54) is 5.56 Å². The summed E-state index contributed by atoms with van der Waals surface area (Å²) >= 11 is 3.55. The molecule has 1 aromatic carbocycles. The molecule has 0 aromatic heterocycles. The van der Waals surface area contributed by atoms with Gasteiger partial charge in [0.2, 0.25) is 5.91 Å². The SMILES string of the molecule is CCCNC1CCCN(c2cc(C)ccc2Br)C1=O. The van der Waals surface area contributed by atoms with Gasteiger partial charge >= 0.3 is 0 Å². The van der Waals surface area contributed by atoms with Crippen molar-refractivity contribution in [3.05, 3.63) is 28.2 Å². The minimum atomic E-state index is -0.0267. The second-order valence-corrected chi connectivity index (χ2v) is 5.95. The number of nitrogens with zero attached hydrogens (tertiary/aromatic N) is 1. The highest BCUT2D eigenvalue weighted by Gasteiger charge is 2.29. The fraction of sp³-hybridized carbons (Fsp3) is 0.533. The Hall–Kier alpha value is -0.870. The maximum atomic E-state index is 12.5. The number of aryl methyl sites for hydroxylation is 1. The molecule has 3 nitrogen and oxygen atoms in total. The molecule has 1 heterocycles. The molecule has 1 aromatic rings. The summed E-state index contributed by atoms with van der Waals surface area (Å²) < 4.78 is 0.989. The van der Waals surface area contributed by atoms with Gasteiger partial charge in [0.05, 0.1) is 11.7 Å². The fourth-order valence-corrected chi connectivity index (χ4v) is 2.91. The van der Waals surface area contributed by atoms with Crippen LogP contribution in [0.15, 0.2) is 22.7 Å². The molecule has 1 N–H and O–H groups in total. The van der Waals surface area contributed by atoms with Gasteiger partial charge in [-0.25, -0.2) is 0 Å². The van der Waals surface area contributed by atoms with Gasteiger partial charge in [0.1, 0.15) is 0 Å². The van der Waals surface area contributed by atoms with E-state index in [-0.39, 0.29) is 11.9 Å². The van der Waals surface area contributed by atoms with E-state index in [4.69, 9.17) is 0 Å². The number of halogens is 1. The zero-order valence-electron chi connectivity index (χ0n) is 11.6. The predicted molar refractivity (Wildman–Crippen MR) is 82.5 cm³/mol. The van der Waals surface area contributed by atoms with Crippen LogP contribution in [0.25, 0.3) is 0 Å². The Bertz CT molecular complexity index is 461. The van der Waals surface area contributed by atoms with Gasteiger partial charge in [-0.3, -0.25) is 4.79 Å². The topological polar surface area (TPSA) is 32.3 Å². The molecule has 19 heavy (non-hydrogen) atoms. The lowest BCUT2D eigenvalue weighted by atomic mass is 10.0. The summed E-state index contributed by atoms with van der Waals surface area (Å²) in [6, 6.07) is 6.11. The summed E-state index contributed by atoms with van der Waals surface area (Å²) in [5.41, 5.74) is 2.17. The van der Waals surface area contributed by atoms with Gasteiger partial charge in [0.15, 0.2) is 0 Å². The first-order valence-corrected chi connectivity index (χ1v) is 7.73. The third-order valence-electron chi connectivity index (χ3n) is 3.47. The van der Waals surface area contributed by atoms with E-state index in [1.807, 2.05) is 11.0 Å². The maximum absolute atomic E-state index is 12.5. The van der Waals surface area contributed by atoms with Gasteiger partial charge in [-0.2, -0.15) is 0 Å². The Morgan fingerprint density at radius 2 is 2.26 bits per heavy atom. The monoisotopic (exact) mass is 324 g/mol. The summed E-state index contributed by atoms with van der Waals surface area (Å²) in [5.74, 6) is 0.200. The molecule has 1 fully saturated rings. The normalized spacial score (nSPS) is 19.8. The number of benzene rings is 1. The van der Waals surface area contributed by atoms with Crippen molar-refractivity contribution in [1.82, 2.24) is 5.32 Å². The first-order chi connectivity index (χ1) is 9.13. The number of hydrogen-bond donors (Lipinski definition) is 1. The molecule has 0 aliphatic carbocycles. The van der Waals surface area contributed by atoms with Crippen LogP contribution < -0.4 is 10.2 Å². The lowest BCUT2D eigenvalue weighted by molar-refractivity contribution is -0.121. The van der Waals surface area contributed by atoms with E-state index in [1.54, 1.807) is 0 Å². The van der Waals surface area contributed by atoms with Crippen LogP contribution >= 0.6 is 15.9 Å². The zero-order chi connectivity index (χ0) is 13.8. The van der Waals surface area contributed by atoms with Gasteiger partial charge in [0, 0.05) is 11.0 Å². The van der Waals surface area contributed by atoms with E-state index in [0.717, 1.165) is 42.5 Å². The Labute approximate surface area is 123 Å². The van der Waals surface area contributed by atoms with E-state index in [0.29, 0.717) is 0 Å². The minimum Gasteiger partial charge on any atom is -0.310 e. The molecule has 1 unspecified atom stereocenters. The lowest BCUT2D eigenvalue weighted by Gasteiger charge is -2.33. The average molecular weight is 325 g/mol. The summed E-state index contributed by atoms with van der Waals surface area (Å²) in [4.78, 5) is 14.4. The van der Waals surface area contributed by atoms with Crippen LogP contribution in [-0.2, 0) is 4.79 Å². The molecule has 0 bridgehead atoms. The van der Waals surface area contributed by atoms with E-state index in [9.17, 15) is 4.79 Å². The summed E-state index contributed by atoms with van der Waals surface area (Å²) in [5, 5.41) is 3.35. The average Bonchev–Trinajstić information content (AvgIpc) is 2.41. The highest BCUT2D eigenvalue weighted by molar-refractivity contribution is 9.10. The van der Waals surface area contributed by atoms with Crippen LogP contribution in [-0.4, -0.2) is 25.0 Å². The minimum absolute atomic E-state index is 0.0267. The molecule has 104 valence electrons. The van der Waals surface area contributed by atoms with Crippen LogP contribution in [0.3, 0.4) is 0 Å². The summed E-state index contributed by atoms with van der Waals surface area (Å²) in [6.45, 7) is 5.89. The first kappa shape index (κ1) is 14.5. The Morgan fingerprint density at radius 1 is 1.47 bits per heavy atom. The van der Waals surface area contributed by atoms with Gasteiger partial charge in [-0.05, 0) is 66.4 Å². The fourth-order valence-electron chi connectivity index (χ4n) is 2.45. The number of hydrogen-bond acceptors (Lipinski definition) is 2. The quantitative estimate of drug-likeness (QED) is 0.922. The lowest BCUT2D eigenvalue weighted by Crippen LogP contribution is -2.51. The standard InChI is InChI=1S/C15H21BrN2O/c1-3-8-17-13-5-4-9-18(15(13)19)14-10-11(2)6-7-12(14)16/h6-7,10,13,17H,3-5,8-9H2,1-2H3. The molecule has 4 heteroatoms. The van der Waals surface area contributed by atoms with Crippen molar-refractivity contribution >= 4 is 27.5 Å². The third-order valence-corrected chi connectivity index (χ3v) is 4.14. The molecule has 0 saturated carbocycles. The third kappa shape index (κ3) is 3.37. The molecule has 1 amide bonds. The van der Waals surface area contributed by atoms with Crippen molar-refractivity contribution in [3.63, 3.8) is 0 Å². The van der Waals surface area contributed by atoms with Crippen molar-refractivity contribution < 1.29 is 4.79 Å². The Balaban J connectivity index is 2.19. The number of piperidine rings is 1. The Kier molecular flexibility index (Phi) is 4.99. The predicted octanol–water partition coefficient (Wildman–Crippen LogP) is 3.25. The highest BCUT2D eigenvalue weighted by Crippen LogP contribution is 2.30. The highest BCUT2D eigenvalue weighted by atomic mass is 79.9.